The smallest absolute Gasteiger partial charge is 0.242 e. The predicted molar refractivity (Wildman–Crippen MR) is 113 cm³/mol. The Balaban J connectivity index is 1.39. The van der Waals surface area contributed by atoms with Gasteiger partial charge in [0.05, 0.1) is 24.5 Å². The Hall–Kier alpha value is -3.11. The summed E-state index contributed by atoms with van der Waals surface area (Å²) in [6.07, 6.45) is 1.19. The van der Waals surface area contributed by atoms with Crippen LogP contribution in [0.4, 0.5) is 0 Å². The number of fused-ring (bicyclic) bond motifs is 1. The van der Waals surface area contributed by atoms with Gasteiger partial charge < -0.3 is 9.47 Å². The van der Waals surface area contributed by atoms with Gasteiger partial charge in [0.25, 0.3) is 0 Å². The van der Waals surface area contributed by atoms with Crippen LogP contribution in [-0.4, -0.2) is 40.0 Å². The summed E-state index contributed by atoms with van der Waals surface area (Å²) in [5.41, 5.74) is 5.50. The molecule has 0 bridgehead atoms. The molecule has 0 fully saturated rings. The second-order valence-corrected chi connectivity index (χ2v) is 8.69. The van der Waals surface area contributed by atoms with Crippen LogP contribution in [0.3, 0.4) is 0 Å². The summed E-state index contributed by atoms with van der Waals surface area (Å²) in [6.45, 7) is 1.05. The zero-order chi connectivity index (χ0) is 22.1. The van der Waals surface area contributed by atoms with Gasteiger partial charge >= 0.3 is 0 Å². The van der Waals surface area contributed by atoms with E-state index in [0.717, 1.165) is 12.0 Å². The molecule has 3 rings (SSSR count). The molecule has 166 valence electrons. The van der Waals surface area contributed by atoms with Crippen LogP contribution in [0.5, 0.6) is 11.5 Å². The summed E-state index contributed by atoms with van der Waals surface area (Å²) >= 11 is 0. The van der Waals surface area contributed by atoms with Crippen LogP contribution < -0.4 is 25.0 Å². The van der Waals surface area contributed by atoms with Crippen molar-refractivity contribution in [3.63, 3.8) is 0 Å². The van der Waals surface area contributed by atoms with E-state index >= 15 is 0 Å². The average Bonchev–Trinajstić information content (AvgIpc) is 3.01. The lowest BCUT2D eigenvalue weighted by molar-refractivity contribution is -0.128. The molecule has 2 aromatic rings. The molecule has 2 aromatic carbocycles. The third-order valence-corrected chi connectivity index (χ3v) is 5.91. The molecule has 0 unspecified atom stereocenters. The van der Waals surface area contributed by atoms with Crippen LogP contribution in [0.1, 0.15) is 24.8 Å². The van der Waals surface area contributed by atoms with Gasteiger partial charge in [0.2, 0.25) is 21.8 Å². The van der Waals surface area contributed by atoms with Crippen molar-refractivity contribution >= 4 is 21.8 Å². The number of benzene rings is 2. The monoisotopic (exact) mass is 447 g/mol. The number of nitrogens with one attached hydrogen (secondary N) is 3. The molecule has 1 aliphatic rings. The lowest BCUT2D eigenvalue weighted by Crippen LogP contribution is -2.42. The van der Waals surface area contributed by atoms with Crippen LogP contribution >= 0.6 is 0 Å². The second-order valence-electron chi connectivity index (χ2n) is 6.92. The molecule has 31 heavy (non-hydrogen) atoms. The average molecular weight is 448 g/mol. The van der Waals surface area contributed by atoms with Gasteiger partial charge in [-0.25, -0.2) is 13.1 Å². The van der Waals surface area contributed by atoms with Crippen molar-refractivity contribution in [3.05, 3.63) is 54.1 Å². The highest BCUT2D eigenvalue weighted by Gasteiger charge is 2.18. The molecule has 0 aliphatic carbocycles. The number of carbonyl (C=O) groups is 2. The summed E-state index contributed by atoms with van der Waals surface area (Å²) in [7, 11) is -3.75. The minimum atomic E-state index is -3.75. The fraction of sp³-hybridized carbons (Fsp3) is 0.333. The summed E-state index contributed by atoms with van der Waals surface area (Å²) in [6, 6.07) is 13.6. The highest BCUT2D eigenvalue weighted by molar-refractivity contribution is 7.89. The zero-order valence-corrected chi connectivity index (χ0v) is 17.7. The number of carbonyl (C=O) groups excluding carboxylic acids is 2. The molecular formula is C21H25N3O6S. The van der Waals surface area contributed by atoms with E-state index in [4.69, 9.17) is 9.47 Å². The summed E-state index contributed by atoms with van der Waals surface area (Å²) in [5.74, 6) is 0.166. The van der Waals surface area contributed by atoms with Crippen molar-refractivity contribution in [2.24, 2.45) is 0 Å². The zero-order valence-electron chi connectivity index (χ0n) is 16.9. The molecule has 0 radical (unpaired) electrons. The Kier molecular flexibility index (Phi) is 7.85. The second kappa shape index (κ2) is 10.8. The number of hydrazine groups is 1. The summed E-state index contributed by atoms with van der Waals surface area (Å²) in [4.78, 5) is 23.7. The first-order chi connectivity index (χ1) is 14.9. The topological polar surface area (TPSA) is 123 Å². The molecule has 3 N–H and O–H groups in total. The molecule has 1 aliphatic heterocycles. The van der Waals surface area contributed by atoms with Crippen LogP contribution in [0.15, 0.2) is 53.4 Å². The standard InChI is InChI=1S/C21H25N3O6S/c25-20(23-24-21(26)14-16-6-2-1-3-7-16)8-4-11-22-31(27,28)17-9-10-18-19(15-17)30-13-5-12-29-18/h1-3,6-7,9-10,15,22H,4-5,8,11-14H2,(H,23,25)(H,24,26). The van der Waals surface area contributed by atoms with Crippen LogP contribution in [-0.2, 0) is 26.0 Å². The number of sulfonamides is 1. The van der Waals surface area contributed by atoms with E-state index in [1.54, 1.807) is 6.07 Å². The Labute approximate surface area is 181 Å². The maximum Gasteiger partial charge on any atom is 0.242 e. The van der Waals surface area contributed by atoms with Gasteiger partial charge in [0, 0.05) is 25.5 Å². The number of hydrogen-bond donors (Lipinski definition) is 3. The van der Waals surface area contributed by atoms with E-state index < -0.39 is 15.9 Å². The van der Waals surface area contributed by atoms with Crippen molar-refractivity contribution in [2.45, 2.75) is 30.6 Å². The molecule has 1 heterocycles. The normalized spacial score (nSPS) is 13.2. The minimum Gasteiger partial charge on any atom is -0.490 e. The minimum absolute atomic E-state index is 0.0509. The van der Waals surface area contributed by atoms with E-state index in [0.29, 0.717) is 24.7 Å². The van der Waals surface area contributed by atoms with Gasteiger partial charge in [0.15, 0.2) is 11.5 Å². The largest absolute Gasteiger partial charge is 0.490 e. The Morgan fingerprint density at radius 1 is 0.903 bits per heavy atom. The molecule has 0 atom stereocenters. The highest BCUT2D eigenvalue weighted by Crippen LogP contribution is 2.31. The van der Waals surface area contributed by atoms with Gasteiger partial charge in [-0.1, -0.05) is 30.3 Å². The van der Waals surface area contributed by atoms with Crippen LogP contribution in [0, 0.1) is 0 Å². The summed E-state index contributed by atoms with van der Waals surface area (Å²) in [5, 5.41) is 0. The van der Waals surface area contributed by atoms with Gasteiger partial charge in [-0.05, 0) is 24.1 Å². The van der Waals surface area contributed by atoms with Crippen LogP contribution in [0.25, 0.3) is 0 Å². The molecule has 0 saturated heterocycles. The molecule has 0 saturated carbocycles. The fourth-order valence-corrected chi connectivity index (χ4v) is 3.97. The molecular weight excluding hydrogens is 422 g/mol. The van der Waals surface area contributed by atoms with E-state index in [9.17, 15) is 18.0 Å². The van der Waals surface area contributed by atoms with Crippen molar-refractivity contribution in [3.8, 4) is 11.5 Å². The molecule has 0 aromatic heterocycles. The maximum atomic E-state index is 12.5. The quantitative estimate of drug-likeness (QED) is 0.414. The third-order valence-electron chi connectivity index (χ3n) is 4.45. The van der Waals surface area contributed by atoms with Crippen molar-refractivity contribution < 1.29 is 27.5 Å². The molecule has 9 nitrogen and oxygen atoms in total. The highest BCUT2D eigenvalue weighted by atomic mass is 32.2. The number of rotatable bonds is 8. The molecule has 10 heteroatoms. The van der Waals surface area contributed by atoms with Gasteiger partial charge in [0.1, 0.15) is 0 Å². The van der Waals surface area contributed by atoms with E-state index in [2.05, 4.69) is 15.6 Å². The van der Waals surface area contributed by atoms with E-state index in [1.165, 1.54) is 12.1 Å². The van der Waals surface area contributed by atoms with E-state index in [1.807, 2.05) is 30.3 Å². The lowest BCUT2D eigenvalue weighted by atomic mass is 10.1. The Bertz CT molecular complexity index is 1010. The predicted octanol–water partition coefficient (Wildman–Crippen LogP) is 1.30. The number of hydrogen-bond acceptors (Lipinski definition) is 6. The van der Waals surface area contributed by atoms with Crippen molar-refractivity contribution in [1.82, 2.24) is 15.6 Å². The number of amides is 2. The van der Waals surface area contributed by atoms with Crippen molar-refractivity contribution in [1.29, 1.82) is 0 Å². The number of ether oxygens (including phenoxy) is 2. The summed E-state index contributed by atoms with van der Waals surface area (Å²) < 4.78 is 38.4. The SMILES string of the molecule is O=C(CCCNS(=O)(=O)c1ccc2c(c1)OCCCO2)NNC(=O)Cc1ccccc1. The lowest BCUT2D eigenvalue weighted by Gasteiger charge is -2.11. The third kappa shape index (κ3) is 6.97. The van der Waals surface area contributed by atoms with Gasteiger partial charge in [-0.2, -0.15) is 0 Å². The maximum absolute atomic E-state index is 12.5. The van der Waals surface area contributed by atoms with Gasteiger partial charge in [-0.3, -0.25) is 20.4 Å². The first-order valence-corrected chi connectivity index (χ1v) is 11.4. The van der Waals surface area contributed by atoms with Crippen LogP contribution in [0.2, 0.25) is 0 Å². The Morgan fingerprint density at radius 3 is 2.39 bits per heavy atom. The molecule has 0 spiro atoms. The Morgan fingerprint density at radius 2 is 1.61 bits per heavy atom. The van der Waals surface area contributed by atoms with Crippen molar-refractivity contribution in [2.75, 3.05) is 19.8 Å². The van der Waals surface area contributed by atoms with Gasteiger partial charge in [-0.15, -0.1) is 0 Å². The molecule has 2 amide bonds. The fourth-order valence-electron chi connectivity index (χ4n) is 2.88. The van der Waals surface area contributed by atoms with E-state index in [-0.39, 0.29) is 36.6 Å². The first kappa shape index (κ1) is 22.6. The first-order valence-electron chi connectivity index (χ1n) is 9.95.